The lowest BCUT2D eigenvalue weighted by atomic mass is 10.2. The monoisotopic (exact) mass is 499 g/mol. The molecule has 10 nitrogen and oxygen atoms in total. The molecule has 13 heteroatoms. The molecule has 5 aromatic rings. The van der Waals surface area contributed by atoms with Gasteiger partial charge in [0.05, 0.1) is 34.0 Å². The molecule has 0 spiro atoms. The molecule has 4 heterocycles. The molecule has 1 aliphatic heterocycles. The number of hydrogen-bond donors (Lipinski definition) is 3. The predicted octanol–water partition coefficient (Wildman–Crippen LogP) is 4.60. The molecule has 0 aliphatic carbocycles. The van der Waals surface area contributed by atoms with Gasteiger partial charge < -0.3 is 25.1 Å². The largest absolute Gasteiger partial charge is 0.423 e. The van der Waals surface area contributed by atoms with Crippen LogP contribution < -0.4 is 20.1 Å². The number of nitrogens with zero attached hydrogens (tertiary/aromatic N) is 4. The molecule has 0 atom stereocenters. The number of aromatic nitrogens is 5. The van der Waals surface area contributed by atoms with Crippen LogP contribution in [0.4, 0.5) is 21.7 Å². The number of fused-ring (bicyclic) bond motifs is 3. The molecule has 3 N–H and O–H groups in total. The molecule has 3 aromatic heterocycles. The number of carbonyl (C=O) groups is 1. The van der Waals surface area contributed by atoms with Gasteiger partial charge in [-0.1, -0.05) is 0 Å². The molecule has 0 saturated heterocycles. The summed E-state index contributed by atoms with van der Waals surface area (Å²) < 4.78 is 25.0. The van der Waals surface area contributed by atoms with E-state index in [2.05, 4.69) is 30.7 Å². The minimum Gasteiger partial charge on any atom is -0.423 e. The number of anilines is 3. The van der Waals surface area contributed by atoms with Crippen molar-refractivity contribution in [2.24, 2.45) is 0 Å². The maximum absolute atomic E-state index is 14.7. The number of aromatic amines is 1. The highest BCUT2D eigenvalue weighted by molar-refractivity contribution is 6.46. The van der Waals surface area contributed by atoms with Crippen molar-refractivity contribution >= 4 is 63.0 Å². The summed E-state index contributed by atoms with van der Waals surface area (Å²) in [5.41, 5.74) is 2.61. The Kier molecular flexibility index (Phi) is 4.51. The Balaban J connectivity index is 1.19. The van der Waals surface area contributed by atoms with Gasteiger partial charge in [0, 0.05) is 24.0 Å². The van der Waals surface area contributed by atoms with Crippen LogP contribution >= 0.6 is 23.2 Å². The van der Waals surface area contributed by atoms with E-state index in [1.165, 1.54) is 23.0 Å². The second-order valence-corrected chi connectivity index (χ2v) is 8.54. The number of imidazole rings is 1. The maximum atomic E-state index is 14.7. The molecule has 1 aliphatic rings. The van der Waals surface area contributed by atoms with Gasteiger partial charge in [0.1, 0.15) is 12.1 Å². The zero-order valence-corrected chi connectivity index (χ0v) is 18.4. The fourth-order valence-electron chi connectivity index (χ4n) is 3.52. The molecule has 0 unspecified atom stereocenters. The number of rotatable bonds is 4. The van der Waals surface area contributed by atoms with E-state index in [1.54, 1.807) is 36.7 Å². The number of carbonyl (C=O) groups excluding carboxylic acids is 1. The van der Waals surface area contributed by atoms with Gasteiger partial charge in [0.25, 0.3) is 5.91 Å². The summed E-state index contributed by atoms with van der Waals surface area (Å²) in [6, 6.07) is 9.12. The minimum absolute atomic E-state index is 0.155. The highest BCUT2D eigenvalue weighted by Crippen LogP contribution is 2.45. The topological polar surface area (TPSA) is 118 Å². The van der Waals surface area contributed by atoms with E-state index in [-0.39, 0.29) is 11.4 Å². The van der Waals surface area contributed by atoms with Gasteiger partial charge in [-0.05, 0) is 47.5 Å². The Bertz CT molecular complexity index is 1520. The molecular weight excluding hydrogens is 488 g/mol. The second-order valence-electron chi connectivity index (χ2n) is 7.35. The van der Waals surface area contributed by atoms with Crippen LogP contribution in [-0.4, -0.2) is 35.2 Å². The van der Waals surface area contributed by atoms with Crippen LogP contribution in [-0.2, 0) is 0 Å². The molecule has 34 heavy (non-hydrogen) atoms. The van der Waals surface area contributed by atoms with E-state index in [0.29, 0.717) is 39.6 Å². The van der Waals surface area contributed by atoms with Crippen LogP contribution in [0.15, 0.2) is 55.1 Å². The average molecular weight is 500 g/mol. The number of alkyl halides is 2. The molecule has 170 valence electrons. The van der Waals surface area contributed by atoms with Crippen LogP contribution in [0.2, 0.25) is 0 Å². The van der Waals surface area contributed by atoms with Crippen LogP contribution in [0.1, 0.15) is 10.4 Å². The Morgan fingerprint density at radius 2 is 1.97 bits per heavy atom. The van der Waals surface area contributed by atoms with E-state index >= 15 is 0 Å². The zero-order chi connectivity index (χ0) is 23.4. The summed E-state index contributed by atoms with van der Waals surface area (Å²) in [7, 11) is 0. The second kappa shape index (κ2) is 7.47. The molecule has 0 radical (unpaired) electrons. The first-order valence-corrected chi connectivity index (χ1v) is 10.5. The van der Waals surface area contributed by atoms with Crippen molar-refractivity contribution in [3.8, 4) is 11.5 Å². The van der Waals surface area contributed by atoms with Gasteiger partial charge in [-0.2, -0.15) is 5.10 Å². The Morgan fingerprint density at radius 3 is 2.76 bits per heavy atom. The summed E-state index contributed by atoms with van der Waals surface area (Å²) in [5, 5.41) is 9.56. The molecule has 0 fully saturated rings. The number of ether oxygens (including phenoxy) is 2. The zero-order valence-electron chi connectivity index (χ0n) is 16.8. The first kappa shape index (κ1) is 20.5. The smallest absolute Gasteiger partial charge is 0.419 e. The molecular formula is C21H12Cl2FN7O3. The van der Waals surface area contributed by atoms with Gasteiger partial charge in [-0.3, -0.25) is 4.79 Å². The van der Waals surface area contributed by atoms with Gasteiger partial charge in [-0.25, -0.2) is 18.9 Å². The number of H-pyrrole nitrogens is 1. The molecule has 2 aromatic carbocycles. The SMILES string of the molecule is O=C(Nc1ccc(Nc2nc3cc4c(cc3[nH]2)OC(Cl)(Cl)O4)c(F)c1)c1cc2cncnn2c1. The Morgan fingerprint density at radius 1 is 1.15 bits per heavy atom. The predicted molar refractivity (Wildman–Crippen MR) is 122 cm³/mol. The Labute approximate surface area is 199 Å². The quantitative estimate of drug-likeness (QED) is 0.309. The van der Waals surface area contributed by atoms with E-state index in [0.717, 1.165) is 0 Å². The van der Waals surface area contributed by atoms with Crippen molar-refractivity contribution in [1.29, 1.82) is 0 Å². The van der Waals surface area contributed by atoms with Crippen molar-refractivity contribution in [3.63, 3.8) is 0 Å². The van der Waals surface area contributed by atoms with Crippen molar-refractivity contribution in [2.75, 3.05) is 10.6 Å². The number of nitrogens with one attached hydrogen (secondary N) is 3. The third-order valence-corrected chi connectivity index (χ3v) is 5.33. The highest BCUT2D eigenvalue weighted by atomic mass is 35.5. The summed E-state index contributed by atoms with van der Waals surface area (Å²) in [4.78, 5) is 23.8. The third-order valence-electron chi connectivity index (χ3n) is 5.03. The van der Waals surface area contributed by atoms with E-state index in [4.69, 9.17) is 32.7 Å². The average Bonchev–Trinajstić information content (AvgIpc) is 3.46. The Hall–Kier alpha value is -4.09. The third kappa shape index (κ3) is 3.70. The molecule has 1 amide bonds. The fourth-order valence-corrected chi connectivity index (χ4v) is 3.86. The van der Waals surface area contributed by atoms with Crippen molar-refractivity contribution in [2.45, 2.75) is 4.71 Å². The van der Waals surface area contributed by atoms with Crippen LogP contribution in [0.5, 0.6) is 11.5 Å². The summed E-state index contributed by atoms with van der Waals surface area (Å²) >= 11 is 11.7. The first-order valence-electron chi connectivity index (χ1n) is 9.79. The van der Waals surface area contributed by atoms with Gasteiger partial charge in [-0.15, -0.1) is 0 Å². The molecule has 6 rings (SSSR count). The van der Waals surface area contributed by atoms with Crippen LogP contribution in [0.3, 0.4) is 0 Å². The van der Waals surface area contributed by atoms with E-state index in [1.807, 2.05) is 0 Å². The van der Waals surface area contributed by atoms with Gasteiger partial charge in [0.2, 0.25) is 5.95 Å². The first-order chi connectivity index (χ1) is 16.3. The number of hydrogen-bond acceptors (Lipinski definition) is 7. The van der Waals surface area contributed by atoms with Crippen molar-refractivity contribution < 1.29 is 18.7 Å². The van der Waals surface area contributed by atoms with Gasteiger partial charge >= 0.3 is 4.71 Å². The standard InChI is InChI=1S/C21H12Cl2FN7O3/c22-21(23)33-17-5-15-16(6-18(17)34-21)30-20(29-15)28-14-2-1-11(4-13(14)24)27-19(32)10-3-12-7-25-9-26-31(12)8-10/h1-9H,(H,27,32)(H2,28,29,30). The summed E-state index contributed by atoms with van der Waals surface area (Å²) in [6.07, 6.45) is 4.52. The van der Waals surface area contributed by atoms with Crippen molar-refractivity contribution in [1.82, 2.24) is 24.6 Å². The number of amides is 1. The van der Waals surface area contributed by atoms with Crippen molar-refractivity contribution in [3.05, 3.63) is 66.5 Å². The van der Waals surface area contributed by atoms with Crippen LogP contribution in [0, 0.1) is 5.82 Å². The molecule has 0 saturated carbocycles. The van der Waals surface area contributed by atoms with E-state index in [9.17, 15) is 9.18 Å². The lowest BCUT2D eigenvalue weighted by molar-refractivity contribution is 0.0849. The minimum atomic E-state index is -1.79. The lowest BCUT2D eigenvalue weighted by Gasteiger charge is -2.09. The highest BCUT2D eigenvalue weighted by Gasteiger charge is 2.38. The van der Waals surface area contributed by atoms with E-state index < -0.39 is 16.4 Å². The van der Waals surface area contributed by atoms with Gasteiger partial charge in [0.15, 0.2) is 11.5 Å². The number of benzene rings is 2. The van der Waals surface area contributed by atoms with Crippen LogP contribution in [0.25, 0.3) is 16.6 Å². The summed E-state index contributed by atoms with van der Waals surface area (Å²) in [5.74, 6) is -0.0150. The lowest BCUT2D eigenvalue weighted by Crippen LogP contribution is -2.22. The maximum Gasteiger partial charge on any atom is 0.419 e. The molecule has 0 bridgehead atoms. The summed E-state index contributed by atoms with van der Waals surface area (Å²) in [6.45, 7) is 0. The normalized spacial score (nSPS) is 14.0. The number of halogens is 3. The fraction of sp³-hybridized carbons (Fsp3) is 0.0476.